The Hall–Kier alpha value is -2.67. The van der Waals surface area contributed by atoms with E-state index in [1.165, 1.54) is 0 Å². The number of piperidine rings is 1. The fraction of sp³-hybridized carbons (Fsp3) is 0.421. The topological polar surface area (TPSA) is 81.2 Å². The van der Waals surface area contributed by atoms with Gasteiger partial charge in [-0.3, -0.25) is 0 Å². The summed E-state index contributed by atoms with van der Waals surface area (Å²) in [6.45, 7) is 4.05. The third-order valence-electron chi connectivity index (χ3n) is 5.77. The smallest absolute Gasteiger partial charge is 0.142 e. The number of fused-ring (bicyclic) bond motifs is 2. The normalized spacial score (nSPS) is 22.8. The number of aromatic nitrogens is 4. The predicted octanol–water partition coefficient (Wildman–Crippen LogP) is 1.81. The Labute approximate surface area is 151 Å². The zero-order chi connectivity index (χ0) is 17.5. The summed E-state index contributed by atoms with van der Waals surface area (Å²) in [4.78, 5) is 21.3. The Balaban J connectivity index is 1.38. The van der Waals surface area contributed by atoms with Crippen LogP contribution in [-0.4, -0.2) is 51.2 Å². The van der Waals surface area contributed by atoms with E-state index in [2.05, 4.69) is 35.8 Å². The molecule has 2 N–H and O–H groups in total. The molecule has 5 rings (SSSR count). The van der Waals surface area contributed by atoms with Crippen LogP contribution in [0.1, 0.15) is 12.0 Å². The number of aliphatic hydroxyl groups excluding tert-OH is 1. The molecule has 2 atom stereocenters. The number of pyridine rings is 1. The molecule has 0 saturated carbocycles. The van der Waals surface area contributed by atoms with Gasteiger partial charge in [0.05, 0.1) is 12.0 Å². The molecule has 0 amide bonds. The van der Waals surface area contributed by atoms with Gasteiger partial charge in [-0.05, 0) is 30.4 Å². The van der Waals surface area contributed by atoms with Gasteiger partial charge < -0.3 is 19.9 Å². The van der Waals surface area contributed by atoms with Gasteiger partial charge in [-0.25, -0.2) is 15.0 Å². The van der Waals surface area contributed by atoms with E-state index in [0.717, 1.165) is 60.8 Å². The fourth-order valence-corrected chi connectivity index (χ4v) is 4.48. The van der Waals surface area contributed by atoms with Gasteiger partial charge >= 0.3 is 0 Å². The van der Waals surface area contributed by atoms with Gasteiger partial charge in [-0.2, -0.15) is 0 Å². The standard InChI is InChI=1S/C19H22N6O/c26-11-14-2-1-5-21-18(14)25-8-13-4-7-24(9-15(13)10-25)19-16-3-6-20-17(16)22-12-23-19/h1-3,5-6,12-13,15,26H,4,7-11H2,(H,20,22,23)/t13-,15+/m1/s1. The molecule has 2 aliphatic heterocycles. The first-order valence-electron chi connectivity index (χ1n) is 9.16. The molecule has 134 valence electrons. The van der Waals surface area contributed by atoms with E-state index < -0.39 is 0 Å². The van der Waals surface area contributed by atoms with Crippen molar-refractivity contribution in [3.05, 3.63) is 42.5 Å². The van der Waals surface area contributed by atoms with Gasteiger partial charge in [0, 0.05) is 44.1 Å². The first kappa shape index (κ1) is 15.6. The van der Waals surface area contributed by atoms with Crippen LogP contribution in [0.3, 0.4) is 0 Å². The van der Waals surface area contributed by atoms with Crippen molar-refractivity contribution in [2.75, 3.05) is 36.0 Å². The Morgan fingerprint density at radius 3 is 2.85 bits per heavy atom. The second-order valence-electron chi connectivity index (χ2n) is 7.24. The van der Waals surface area contributed by atoms with Crippen molar-refractivity contribution in [1.29, 1.82) is 0 Å². The molecular formula is C19H22N6O. The molecule has 0 radical (unpaired) electrons. The number of anilines is 2. The first-order chi connectivity index (χ1) is 12.8. The molecule has 0 aliphatic carbocycles. The number of nitrogens with zero attached hydrogens (tertiary/aromatic N) is 5. The van der Waals surface area contributed by atoms with Crippen LogP contribution in [-0.2, 0) is 6.61 Å². The minimum Gasteiger partial charge on any atom is -0.392 e. The van der Waals surface area contributed by atoms with E-state index in [1.54, 1.807) is 6.33 Å². The van der Waals surface area contributed by atoms with Crippen LogP contribution in [0, 0.1) is 11.8 Å². The highest BCUT2D eigenvalue weighted by molar-refractivity contribution is 5.87. The van der Waals surface area contributed by atoms with Crippen LogP contribution in [0.4, 0.5) is 11.6 Å². The van der Waals surface area contributed by atoms with Crippen molar-refractivity contribution in [1.82, 2.24) is 19.9 Å². The monoisotopic (exact) mass is 350 g/mol. The molecule has 26 heavy (non-hydrogen) atoms. The average molecular weight is 350 g/mol. The largest absolute Gasteiger partial charge is 0.392 e. The summed E-state index contributed by atoms with van der Waals surface area (Å²) in [5, 5.41) is 10.7. The average Bonchev–Trinajstić information content (AvgIpc) is 3.33. The number of aromatic amines is 1. The number of hydrogen-bond acceptors (Lipinski definition) is 6. The molecule has 2 aliphatic rings. The van der Waals surface area contributed by atoms with E-state index in [9.17, 15) is 5.11 Å². The van der Waals surface area contributed by atoms with E-state index in [4.69, 9.17) is 0 Å². The lowest BCUT2D eigenvalue weighted by Gasteiger charge is -2.35. The number of nitrogens with one attached hydrogen (secondary N) is 1. The van der Waals surface area contributed by atoms with Crippen LogP contribution in [0.2, 0.25) is 0 Å². The summed E-state index contributed by atoms with van der Waals surface area (Å²) in [6, 6.07) is 5.90. The van der Waals surface area contributed by atoms with Crippen molar-refractivity contribution in [2.24, 2.45) is 11.8 Å². The molecule has 7 nitrogen and oxygen atoms in total. The van der Waals surface area contributed by atoms with Gasteiger partial charge in [0.2, 0.25) is 0 Å². The van der Waals surface area contributed by atoms with Crippen molar-refractivity contribution in [3.8, 4) is 0 Å². The SMILES string of the molecule is OCc1cccnc1N1C[C@H]2CCN(c3ncnc4[nH]ccc34)C[C@H]2C1. The summed E-state index contributed by atoms with van der Waals surface area (Å²) < 4.78 is 0. The molecular weight excluding hydrogens is 328 g/mol. The molecule has 0 bridgehead atoms. The highest BCUT2D eigenvalue weighted by Crippen LogP contribution is 2.36. The van der Waals surface area contributed by atoms with Crippen molar-refractivity contribution in [2.45, 2.75) is 13.0 Å². The maximum Gasteiger partial charge on any atom is 0.142 e. The van der Waals surface area contributed by atoms with Crippen molar-refractivity contribution < 1.29 is 5.11 Å². The summed E-state index contributed by atoms with van der Waals surface area (Å²) >= 11 is 0. The van der Waals surface area contributed by atoms with Crippen molar-refractivity contribution in [3.63, 3.8) is 0 Å². The molecule has 0 aromatic carbocycles. The minimum absolute atomic E-state index is 0.0353. The highest BCUT2D eigenvalue weighted by atomic mass is 16.3. The Morgan fingerprint density at radius 1 is 1.04 bits per heavy atom. The lowest BCUT2D eigenvalue weighted by atomic mass is 9.88. The predicted molar refractivity (Wildman–Crippen MR) is 100 cm³/mol. The van der Waals surface area contributed by atoms with Gasteiger partial charge in [-0.15, -0.1) is 0 Å². The molecule has 3 aromatic rings. The zero-order valence-electron chi connectivity index (χ0n) is 14.5. The summed E-state index contributed by atoms with van der Waals surface area (Å²) in [6.07, 6.45) is 6.53. The third-order valence-corrected chi connectivity index (χ3v) is 5.77. The van der Waals surface area contributed by atoms with Gasteiger partial charge in [0.25, 0.3) is 0 Å². The Kier molecular flexibility index (Phi) is 3.74. The van der Waals surface area contributed by atoms with Gasteiger partial charge in [-0.1, -0.05) is 6.07 Å². The first-order valence-corrected chi connectivity index (χ1v) is 9.16. The third kappa shape index (κ3) is 2.50. The summed E-state index contributed by atoms with van der Waals surface area (Å²) in [5.74, 6) is 3.22. The Morgan fingerprint density at radius 2 is 1.92 bits per heavy atom. The second-order valence-corrected chi connectivity index (χ2v) is 7.24. The number of aliphatic hydroxyl groups is 1. The summed E-state index contributed by atoms with van der Waals surface area (Å²) in [7, 11) is 0. The number of rotatable bonds is 3. The molecule has 0 spiro atoms. The maximum atomic E-state index is 9.62. The van der Waals surface area contributed by atoms with E-state index >= 15 is 0 Å². The molecule has 2 saturated heterocycles. The van der Waals surface area contributed by atoms with E-state index in [1.807, 2.05) is 24.5 Å². The molecule has 2 fully saturated rings. The molecule has 5 heterocycles. The van der Waals surface area contributed by atoms with Crippen LogP contribution in [0.25, 0.3) is 11.0 Å². The minimum atomic E-state index is 0.0353. The van der Waals surface area contributed by atoms with E-state index in [0.29, 0.717) is 11.8 Å². The van der Waals surface area contributed by atoms with Crippen LogP contribution >= 0.6 is 0 Å². The fourth-order valence-electron chi connectivity index (χ4n) is 4.48. The van der Waals surface area contributed by atoms with Gasteiger partial charge in [0.1, 0.15) is 23.6 Å². The Bertz CT molecular complexity index is 925. The lowest BCUT2D eigenvalue weighted by Crippen LogP contribution is -2.40. The van der Waals surface area contributed by atoms with Crippen LogP contribution in [0.15, 0.2) is 36.9 Å². The van der Waals surface area contributed by atoms with Gasteiger partial charge in [0.15, 0.2) is 0 Å². The zero-order valence-corrected chi connectivity index (χ0v) is 14.5. The summed E-state index contributed by atoms with van der Waals surface area (Å²) in [5.41, 5.74) is 1.80. The van der Waals surface area contributed by atoms with Crippen LogP contribution < -0.4 is 9.80 Å². The highest BCUT2D eigenvalue weighted by Gasteiger charge is 2.38. The van der Waals surface area contributed by atoms with Crippen molar-refractivity contribution >= 4 is 22.7 Å². The molecule has 3 aromatic heterocycles. The van der Waals surface area contributed by atoms with Crippen LogP contribution in [0.5, 0.6) is 0 Å². The molecule has 7 heteroatoms. The number of H-pyrrole nitrogens is 1. The quantitative estimate of drug-likeness (QED) is 0.750. The lowest BCUT2D eigenvalue weighted by molar-refractivity contribution is 0.281. The maximum absolute atomic E-state index is 9.62. The van der Waals surface area contributed by atoms with E-state index in [-0.39, 0.29) is 6.61 Å². The second kappa shape index (κ2) is 6.25. The molecule has 0 unspecified atom stereocenters. The number of hydrogen-bond donors (Lipinski definition) is 2.